The number of allylic oxidation sites excluding steroid dienone is 1. The molecule has 3 atom stereocenters. The Morgan fingerprint density at radius 3 is 2.72 bits per heavy atom. The number of nitrogens with zero attached hydrogens (tertiary/aromatic N) is 2. The average molecular weight is 399 g/mol. The van der Waals surface area contributed by atoms with E-state index in [2.05, 4.69) is 6.92 Å². The molecule has 2 amide bonds. The first-order chi connectivity index (χ1) is 12.0. The molecule has 4 nitrogen and oxygen atoms in total. The smallest absolute Gasteiger partial charge is 0.241 e. The number of rotatable bonds is 5. The van der Waals surface area contributed by atoms with E-state index in [1.54, 1.807) is 12.1 Å². The third-order valence-corrected chi connectivity index (χ3v) is 6.61. The van der Waals surface area contributed by atoms with Crippen LogP contribution in [0.3, 0.4) is 0 Å². The van der Waals surface area contributed by atoms with Crippen LogP contribution < -0.4 is 9.80 Å². The lowest BCUT2D eigenvalue weighted by atomic mass is 9.86. The van der Waals surface area contributed by atoms with Gasteiger partial charge in [-0.05, 0) is 31.1 Å². The monoisotopic (exact) mass is 398 g/mol. The minimum atomic E-state index is -0.365. The third-order valence-electron chi connectivity index (χ3n) is 4.73. The van der Waals surface area contributed by atoms with Gasteiger partial charge in [-0.25, -0.2) is 4.90 Å². The molecule has 0 saturated carbocycles. The van der Waals surface area contributed by atoms with Crippen LogP contribution in [0.5, 0.6) is 0 Å². The summed E-state index contributed by atoms with van der Waals surface area (Å²) in [5.41, 5.74) is 1.11. The lowest BCUT2D eigenvalue weighted by Gasteiger charge is -2.25. The Labute approximate surface area is 159 Å². The van der Waals surface area contributed by atoms with E-state index in [9.17, 15) is 9.59 Å². The van der Waals surface area contributed by atoms with Crippen LogP contribution >= 0.6 is 31.8 Å². The molecular formula is C18H21Cl2N2O2P. The van der Waals surface area contributed by atoms with Crippen molar-refractivity contribution < 1.29 is 9.59 Å². The second-order valence-electron chi connectivity index (χ2n) is 6.34. The molecule has 134 valence electrons. The lowest BCUT2D eigenvalue weighted by molar-refractivity contribution is -0.122. The summed E-state index contributed by atoms with van der Waals surface area (Å²) in [6.07, 6.45) is 7.28. The maximum atomic E-state index is 12.8. The van der Waals surface area contributed by atoms with E-state index in [1.807, 2.05) is 24.1 Å². The van der Waals surface area contributed by atoms with Crippen molar-refractivity contribution in [2.75, 3.05) is 29.3 Å². The summed E-state index contributed by atoms with van der Waals surface area (Å²) in [6.45, 7) is 2.13. The number of anilines is 2. The number of carbonyl (C=O) groups excluding carboxylic acids is 2. The van der Waals surface area contributed by atoms with Crippen LogP contribution in [-0.2, 0) is 9.59 Å². The van der Waals surface area contributed by atoms with Gasteiger partial charge in [-0.1, -0.05) is 42.3 Å². The predicted octanol–water partition coefficient (Wildman–Crippen LogP) is 4.54. The Kier molecular flexibility index (Phi) is 5.72. The molecule has 1 aliphatic carbocycles. The zero-order chi connectivity index (χ0) is 18.1. The summed E-state index contributed by atoms with van der Waals surface area (Å²) in [5, 5.41) is 0.883. The predicted molar refractivity (Wildman–Crippen MR) is 106 cm³/mol. The Balaban J connectivity index is 1.99. The standard InChI is InChI=1S/C18H21Cl2N2O2P/c1-3-25-10-21(2)16-13(19)8-9-14(15(16)20)22-17(23)11-6-4-5-7-12(11)18(22)24/h4,6,8-9,11-12,25H,3,5,7,10H2,1-2H3. The number of halogens is 2. The van der Waals surface area contributed by atoms with Gasteiger partial charge in [-0.2, -0.15) is 0 Å². The van der Waals surface area contributed by atoms with E-state index >= 15 is 0 Å². The van der Waals surface area contributed by atoms with Crippen molar-refractivity contribution in [3.8, 4) is 0 Å². The van der Waals surface area contributed by atoms with E-state index in [0.717, 1.165) is 27.4 Å². The van der Waals surface area contributed by atoms with E-state index in [-0.39, 0.29) is 23.7 Å². The molecule has 0 aromatic heterocycles. The van der Waals surface area contributed by atoms with Gasteiger partial charge >= 0.3 is 0 Å². The Morgan fingerprint density at radius 2 is 2.04 bits per heavy atom. The molecule has 1 aromatic carbocycles. The Bertz CT molecular complexity index is 738. The quantitative estimate of drug-likeness (QED) is 0.415. The maximum Gasteiger partial charge on any atom is 0.241 e. The highest BCUT2D eigenvalue weighted by Crippen LogP contribution is 2.45. The zero-order valence-corrected chi connectivity index (χ0v) is 16.8. The van der Waals surface area contributed by atoms with Gasteiger partial charge in [0, 0.05) is 13.3 Å². The molecule has 25 heavy (non-hydrogen) atoms. The molecule has 0 N–H and O–H groups in total. The number of fused-ring (bicyclic) bond motifs is 1. The van der Waals surface area contributed by atoms with Gasteiger partial charge in [0.1, 0.15) is 0 Å². The molecule has 0 radical (unpaired) electrons. The highest BCUT2D eigenvalue weighted by atomic mass is 35.5. The molecule has 7 heteroatoms. The van der Waals surface area contributed by atoms with E-state index < -0.39 is 0 Å². The van der Waals surface area contributed by atoms with Gasteiger partial charge in [-0.15, -0.1) is 8.58 Å². The van der Waals surface area contributed by atoms with Crippen molar-refractivity contribution >= 4 is 55.0 Å². The number of carbonyl (C=O) groups is 2. The number of hydrogen-bond donors (Lipinski definition) is 0. The molecule has 2 aliphatic rings. The Hall–Kier alpha value is -1.09. The van der Waals surface area contributed by atoms with Gasteiger partial charge in [0.15, 0.2) is 0 Å². The van der Waals surface area contributed by atoms with Crippen molar-refractivity contribution in [1.82, 2.24) is 0 Å². The molecule has 3 rings (SSSR count). The molecule has 1 saturated heterocycles. The van der Waals surface area contributed by atoms with Crippen LogP contribution in [0.4, 0.5) is 11.4 Å². The van der Waals surface area contributed by atoms with Crippen molar-refractivity contribution in [3.05, 3.63) is 34.3 Å². The van der Waals surface area contributed by atoms with Gasteiger partial charge in [0.25, 0.3) is 0 Å². The maximum absolute atomic E-state index is 12.8. The molecule has 0 bridgehead atoms. The first-order valence-corrected chi connectivity index (χ1v) is 10.6. The molecule has 3 unspecified atom stereocenters. The number of imide groups is 1. The van der Waals surface area contributed by atoms with Gasteiger partial charge in [0.2, 0.25) is 11.8 Å². The molecule has 1 aliphatic heterocycles. The zero-order valence-electron chi connectivity index (χ0n) is 14.3. The molecule has 0 spiro atoms. The largest absolute Gasteiger partial charge is 0.368 e. The molecule has 1 fully saturated rings. The van der Waals surface area contributed by atoms with Gasteiger partial charge in [0.05, 0.1) is 33.3 Å². The summed E-state index contributed by atoms with van der Waals surface area (Å²) in [7, 11) is 2.69. The molecular weight excluding hydrogens is 378 g/mol. The van der Waals surface area contributed by atoms with Crippen molar-refractivity contribution in [1.29, 1.82) is 0 Å². The number of hydrogen-bond acceptors (Lipinski definition) is 3. The first kappa shape index (κ1) is 18.7. The minimum Gasteiger partial charge on any atom is -0.368 e. The van der Waals surface area contributed by atoms with Crippen LogP contribution in [0.2, 0.25) is 10.0 Å². The molecule has 1 heterocycles. The normalized spacial score (nSPS) is 23.0. The van der Waals surface area contributed by atoms with Gasteiger partial charge in [-0.3, -0.25) is 9.59 Å². The fourth-order valence-electron chi connectivity index (χ4n) is 3.44. The fourth-order valence-corrected chi connectivity index (χ4v) is 4.90. The van der Waals surface area contributed by atoms with Crippen LogP contribution in [-0.4, -0.2) is 31.3 Å². The number of amides is 2. The fraction of sp³-hybridized carbons (Fsp3) is 0.444. The van der Waals surface area contributed by atoms with E-state index in [0.29, 0.717) is 27.8 Å². The highest BCUT2D eigenvalue weighted by molar-refractivity contribution is 7.38. The third kappa shape index (κ3) is 3.32. The first-order valence-electron chi connectivity index (χ1n) is 8.41. The van der Waals surface area contributed by atoms with Crippen LogP contribution in [0.1, 0.15) is 19.8 Å². The lowest BCUT2D eigenvalue weighted by Crippen LogP contribution is -2.31. The summed E-state index contributed by atoms with van der Waals surface area (Å²) >= 11 is 13.0. The van der Waals surface area contributed by atoms with Crippen molar-refractivity contribution in [3.63, 3.8) is 0 Å². The second kappa shape index (κ2) is 7.65. The average Bonchev–Trinajstić information content (AvgIpc) is 2.85. The summed E-state index contributed by atoms with van der Waals surface area (Å²) < 4.78 is 0. The van der Waals surface area contributed by atoms with Crippen molar-refractivity contribution in [2.45, 2.75) is 19.8 Å². The summed E-state index contributed by atoms with van der Waals surface area (Å²) in [4.78, 5) is 28.8. The van der Waals surface area contributed by atoms with Crippen LogP contribution in [0.25, 0.3) is 0 Å². The number of benzene rings is 1. The van der Waals surface area contributed by atoms with Crippen molar-refractivity contribution in [2.24, 2.45) is 11.8 Å². The van der Waals surface area contributed by atoms with E-state index in [1.165, 1.54) is 4.90 Å². The highest BCUT2D eigenvalue weighted by Gasteiger charge is 2.48. The van der Waals surface area contributed by atoms with Gasteiger partial charge < -0.3 is 4.90 Å². The summed E-state index contributed by atoms with van der Waals surface area (Å²) in [5.74, 6) is -0.991. The van der Waals surface area contributed by atoms with Crippen LogP contribution in [0.15, 0.2) is 24.3 Å². The van der Waals surface area contributed by atoms with Crippen LogP contribution in [0, 0.1) is 11.8 Å². The Morgan fingerprint density at radius 1 is 1.28 bits per heavy atom. The van der Waals surface area contributed by atoms with E-state index in [4.69, 9.17) is 23.2 Å². The SMILES string of the molecule is CCPCN(C)c1c(Cl)ccc(N2C(=O)C3C=CCCC3C2=O)c1Cl. The minimum absolute atomic E-state index is 0.160. The topological polar surface area (TPSA) is 40.6 Å². The second-order valence-corrected chi connectivity index (χ2v) is 8.65. The molecule has 1 aromatic rings. The summed E-state index contributed by atoms with van der Waals surface area (Å²) in [6, 6.07) is 3.38.